The Balaban J connectivity index is 1.73. The Morgan fingerprint density at radius 2 is 1.91 bits per heavy atom. The van der Waals surface area contributed by atoms with Crippen molar-refractivity contribution in [2.75, 3.05) is 52.8 Å². The number of aliphatic hydroxyl groups is 3. The van der Waals surface area contributed by atoms with Gasteiger partial charge in [-0.15, -0.1) is 0 Å². The highest BCUT2D eigenvalue weighted by Gasteiger charge is 2.46. The van der Waals surface area contributed by atoms with Gasteiger partial charge in [-0.2, -0.15) is 0 Å². The molecule has 0 aromatic heterocycles. The van der Waals surface area contributed by atoms with Gasteiger partial charge in [0.15, 0.2) is 6.23 Å². The topological polar surface area (TPSA) is 179 Å². The van der Waals surface area contributed by atoms with Gasteiger partial charge < -0.3 is 44.5 Å². The first-order valence-electron chi connectivity index (χ1n) is 9.85. The van der Waals surface area contributed by atoms with E-state index in [0.29, 0.717) is 33.0 Å². The number of hydrogen-bond acceptors (Lipinski definition) is 10. The van der Waals surface area contributed by atoms with Crippen LogP contribution < -0.4 is 5.32 Å². The van der Waals surface area contributed by atoms with Crippen molar-refractivity contribution in [2.45, 2.75) is 24.5 Å². The summed E-state index contributed by atoms with van der Waals surface area (Å²) in [5.74, 6) is 5.06. The predicted octanol–water partition coefficient (Wildman–Crippen LogP) is -1.42. The molecule has 0 saturated carbocycles. The summed E-state index contributed by atoms with van der Waals surface area (Å²) in [5, 5.41) is 35.2. The predicted molar refractivity (Wildman–Crippen MR) is 109 cm³/mol. The Hall–Kier alpha value is -2.66. The monoisotopic (exact) mass is 453 g/mol. The summed E-state index contributed by atoms with van der Waals surface area (Å²) in [4.78, 5) is 16.1. The Morgan fingerprint density at radius 3 is 2.56 bits per heavy atom. The fourth-order valence-electron chi connectivity index (χ4n) is 2.81. The van der Waals surface area contributed by atoms with Crippen LogP contribution >= 0.6 is 0 Å². The van der Waals surface area contributed by atoms with Crippen LogP contribution in [-0.2, 0) is 23.7 Å². The molecular formula is C19H27N5O8. The van der Waals surface area contributed by atoms with E-state index in [2.05, 4.69) is 33.8 Å². The molecule has 2 rings (SSSR count). The van der Waals surface area contributed by atoms with E-state index in [1.807, 2.05) is 0 Å². The number of hydrogen-bond donors (Lipinski definition) is 4. The molecule has 0 aliphatic carbocycles. The molecule has 1 fully saturated rings. The van der Waals surface area contributed by atoms with Gasteiger partial charge in [-0.3, -0.25) is 4.79 Å². The van der Waals surface area contributed by atoms with E-state index in [1.165, 1.54) is 11.1 Å². The average molecular weight is 453 g/mol. The molecular weight excluding hydrogens is 426 g/mol. The number of carbonyl (C=O) groups is 1. The van der Waals surface area contributed by atoms with Crippen LogP contribution in [0.25, 0.3) is 10.4 Å². The van der Waals surface area contributed by atoms with E-state index < -0.39 is 37.1 Å². The molecule has 0 aromatic rings. The molecule has 176 valence electrons. The van der Waals surface area contributed by atoms with Gasteiger partial charge in [0.05, 0.1) is 39.6 Å². The molecule has 0 aromatic carbocycles. The molecule has 2 heterocycles. The standard InChI is InChI=1S/C19H27N5O8/c1-13-22-18(28)14(11-24(13)19-17(27)16(26)15(12-25)32-19)3-2-5-29-7-9-31-10-8-30-6-4-21-23-20/h11,15-17,19,25-27H,1,4-10,12H2,(H,22,28)/t15-,16?,17+,19-/m1/s1. The number of nitrogens with zero attached hydrogens (tertiary/aromatic N) is 4. The van der Waals surface area contributed by atoms with Crippen molar-refractivity contribution >= 4 is 5.91 Å². The molecule has 0 spiro atoms. The molecule has 0 bridgehead atoms. The molecule has 13 nitrogen and oxygen atoms in total. The smallest absolute Gasteiger partial charge is 0.266 e. The van der Waals surface area contributed by atoms with Crippen LogP contribution in [0.3, 0.4) is 0 Å². The van der Waals surface area contributed by atoms with Crippen LogP contribution in [0.5, 0.6) is 0 Å². The third-order valence-electron chi connectivity index (χ3n) is 4.41. The van der Waals surface area contributed by atoms with Crippen molar-refractivity contribution in [1.29, 1.82) is 0 Å². The third-order valence-corrected chi connectivity index (χ3v) is 4.41. The van der Waals surface area contributed by atoms with E-state index >= 15 is 0 Å². The molecule has 2 aliphatic rings. The molecule has 4 atom stereocenters. The van der Waals surface area contributed by atoms with Crippen LogP contribution in [0.1, 0.15) is 0 Å². The number of amides is 1. The normalized spacial score (nSPS) is 25.0. The SMILES string of the molecule is C=C1NC(=O)C(C#CCOCCOCCOCCN=[N+]=[N-])=CN1[C@@H]1O[C@H](CO)C(O)[C@@H]1O. The van der Waals surface area contributed by atoms with E-state index in [1.54, 1.807) is 0 Å². The van der Waals surface area contributed by atoms with Gasteiger partial charge in [0.25, 0.3) is 5.91 Å². The molecule has 2 aliphatic heterocycles. The number of carbonyl (C=O) groups excluding carboxylic acids is 1. The second kappa shape index (κ2) is 13.7. The summed E-state index contributed by atoms with van der Waals surface area (Å²) in [5.41, 5.74) is 8.20. The Kier molecular flexibility index (Phi) is 10.9. The summed E-state index contributed by atoms with van der Waals surface area (Å²) >= 11 is 0. The van der Waals surface area contributed by atoms with Gasteiger partial charge in [-0.25, -0.2) is 0 Å². The van der Waals surface area contributed by atoms with E-state index in [9.17, 15) is 20.1 Å². The van der Waals surface area contributed by atoms with Crippen molar-refractivity contribution in [3.8, 4) is 11.8 Å². The Bertz CT molecular complexity index is 788. The van der Waals surface area contributed by atoms with Gasteiger partial charge in [-0.05, 0) is 5.53 Å². The minimum absolute atomic E-state index is 0.0610. The second-order valence-electron chi connectivity index (χ2n) is 6.61. The number of nitrogens with one attached hydrogen (secondary N) is 1. The van der Waals surface area contributed by atoms with Gasteiger partial charge in [-0.1, -0.05) is 23.5 Å². The van der Waals surface area contributed by atoms with Gasteiger partial charge in [0.2, 0.25) is 0 Å². The lowest BCUT2D eigenvalue weighted by Gasteiger charge is -2.33. The first-order valence-corrected chi connectivity index (χ1v) is 9.85. The maximum absolute atomic E-state index is 12.1. The average Bonchev–Trinajstić information content (AvgIpc) is 3.06. The lowest BCUT2D eigenvalue weighted by molar-refractivity contribution is -0.119. The first kappa shape index (κ1) is 25.6. The minimum atomic E-state index is -1.32. The van der Waals surface area contributed by atoms with Crippen LogP contribution in [0.15, 0.2) is 29.3 Å². The van der Waals surface area contributed by atoms with Crippen molar-refractivity contribution < 1.29 is 39.1 Å². The lowest BCUT2D eigenvalue weighted by Crippen LogP contribution is -2.47. The van der Waals surface area contributed by atoms with Crippen LogP contribution in [0, 0.1) is 11.8 Å². The largest absolute Gasteiger partial charge is 0.394 e. The summed E-state index contributed by atoms with van der Waals surface area (Å²) < 4.78 is 21.3. The molecule has 1 unspecified atom stereocenters. The third kappa shape index (κ3) is 7.49. The summed E-state index contributed by atoms with van der Waals surface area (Å²) in [6.45, 7) is 5.29. The van der Waals surface area contributed by atoms with E-state index in [0.717, 1.165) is 0 Å². The quantitative estimate of drug-likeness (QED) is 0.0906. The second-order valence-corrected chi connectivity index (χ2v) is 6.61. The fraction of sp³-hybridized carbons (Fsp3) is 0.632. The number of aliphatic hydroxyl groups excluding tert-OH is 3. The number of ether oxygens (including phenoxy) is 4. The zero-order valence-electron chi connectivity index (χ0n) is 17.4. The molecule has 1 amide bonds. The first-order chi connectivity index (χ1) is 15.5. The van der Waals surface area contributed by atoms with Crippen molar-refractivity contribution in [2.24, 2.45) is 5.11 Å². The maximum Gasteiger partial charge on any atom is 0.266 e. The molecule has 0 radical (unpaired) electrons. The van der Waals surface area contributed by atoms with Crippen molar-refractivity contribution in [3.05, 3.63) is 34.6 Å². The summed E-state index contributed by atoms with van der Waals surface area (Å²) in [6, 6.07) is 0. The Morgan fingerprint density at radius 1 is 1.22 bits per heavy atom. The molecule has 32 heavy (non-hydrogen) atoms. The van der Waals surface area contributed by atoms with Crippen molar-refractivity contribution in [1.82, 2.24) is 10.2 Å². The maximum atomic E-state index is 12.1. The molecule has 4 N–H and O–H groups in total. The lowest BCUT2D eigenvalue weighted by atomic mass is 10.1. The van der Waals surface area contributed by atoms with Crippen molar-refractivity contribution in [3.63, 3.8) is 0 Å². The van der Waals surface area contributed by atoms with Gasteiger partial charge >= 0.3 is 0 Å². The number of azide groups is 1. The summed E-state index contributed by atoms with van der Waals surface area (Å²) in [6.07, 6.45) is -3.23. The number of rotatable bonds is 12. The van der Waals surface area contributed by atoms with E-state index in [-0.39, 0.29) is 24.5 Å². The molecule has 13 heteroatoms. The molecule has 1 saturated heterocycles. The van der Waals surface area contributed by atoms with E-state index in [4.69, 9.17) is 24.5 Å². The highest BCUT2D eigenvalue weighted by atomic mass is 16.6. The van der Waals surface area contributed by atoms with Gasteiger partial charge in [0, 0.05) is 17.7 Å². The fourth-order valence-corrected chi connectivity index (χ4v) is 2.81. The van der Waals surface area contributed by atoms with Crippen LogP contribution in [0.2, 0.25) is 0 Å². The minimum Gasteiger partial charge on any atom is -0.394 e. The highest BCUT2D eigenvalue weighted by molar-refractivity contribution is 5.99. The zero-order chi connectivity index (χ0) is 23.3. The Labute approximate surface area is 184 Å². The van der Waals surface area contributed by atoms with Gasteiger partial charge in [0.1, 0.15) is 36.3 Å². The zero-order valence-corrected chi connectivity index (χ0v) is 17.4. The van der Waals surface area contributed by atoms with Crippen LogP contribution in [-0.4, -0.2) is 103 Å². The summed E-state index contributed by atoms with van der Waals surface area (Å²) in [7, 11) is 0. The van der Waals surface area contributed by atoms with Crippen LogP contribution in [0.4, 0.5) is 0 Å². The highest BCUT2D eigenvalue weighted by Crippen LogP contribution is 2.27.